The molecule has 29 heavy (non-hydrogen) atoms. The fourth-order valence-electron chi connectivity index (χ4n) is 3.54. The first kappa shape index (κ1) is 19.0. The number of hydrogen-bond acceptors (Lipinski definition) is 5. The Kier molecular flexibility index (Phi) is 5.20. The molecule has 1 aliphatic rings. The lowest BCUT2D eigenvalue weighted by Gasteiger charge is -2.32. The first-order valence-electron chi connectivity index (χ1n) is 9.76. The van der Waals surface area contributed by atoms with Gasteiger partial charge in [0.1, 0.15) is 0 Å². The minimum absolute atomic E-state index is 0.0102. The molecule has 7 heteroatoms. The third-order valence-electron chi connectivity index (χ3n) is 5.36. The maximum absolute atomic E-state index is 12.9. The van der Waals surface area contributed by atoms with Crippen molar-refractivity contribution in [2.45, 2.75) is 32.7 Å². The summed E-state index contributed by atoms with van der Waals surface area (Å²) in [4.78, 5) is 40.1. The summed E-state index contributed by atoms with van der Waals surface area (Å²) in [5, 5.41) is 3.03. The number of aryl methyl sites for hydroxylation is 2. The second-order valence-electron chi connectivity index (χ2n) is 7.38. The Balaban J connectivity index is 1.39. The van der Waals surface area contributed by atoms with Crippen LogP contribution in [0.2, 0.25) is 0 Å². The number of carbonyl (C=O) groups excluding carboxylic acids is 2. The summed E-state index contributed by atoms with van der Waals surface area (Å²) >= 11 is 0. The van der Waals surface area contributed by atoms with Gasteiger partial charge in [0.15, 0.2) is 0 Å². The lowest BCUT2D eigenvalue weighted by molar-refractivity contribution is 0.0698. The van der Waals surface area contributed by atoms with E-state index >= 15 is 0 Å². The SMILES string of the molecule is Cc1nc2ccc(C(=O)N3CCC(NC(=O)c4cccnc4)CC3)cc2nc1C. The first-order valence-corrected chi connectivity index (χ1v) is 9.76. The van der Waals surface area contributed by atoms with Crippen molar-refractivity contribution >= 4 is 22.8 Å². The quantitative estimate of drug-likeness (QED) is 0.744. The standard InChI is InChI=1S/C22H23N5O2/c1-14-15(2)25-20-12-16(5-6-19(20)24-14)22(29)27-10-7-18(8-11-27)26-21(28)17-4-3-9-23-13-17/h3-6,9,12-13,18H,7-8,10-11H2,1-2H3,(H,26,28). The first-order chi connectivity index (χ1) is 14.0. The molecule has 4 rings (SSSR count). The van der Waals surface area contributed by atoms with Crippen molar-refractivity contribution in [2.75, 3.05) is 13.1 Å². The lowest BCUT2D eigenvalue weighted by atomic mass is 10.0. The average Bonchev–Trinajstić information content (AvgIpc) is 2.75. The van der Waals surface area contributed by atoms with E-state index in [1.807, 2.05) is 36.9 Å². The van der Waals surface area contributed by atoms with Gasteiger partial charge in [0.25, 0.3) is 11.8 Å². The molecule has 1 aromatic carbocycles. The Labute approximate surface area is 169 Å². The van der Waals surface area contributed by atoms with Crippen LogP contribution in [0.4, 0.5) is 0 Å². The molecule has 1 saturated heterocycles. The number of pyridine rings is 1. The van der Waals surface area contributed by atoms with Crippen LogP contribution in [0.25, 0.3) is 11.0 Å². The summed E-state index contributed by atoms with van der Waals surface area (Å²) in [6.45, 7) is 5.06. The van der Waals surface area contributed by atoms with Crippen LogP contribution in [0.15, 0.2) is 42.7 Å². The van der Waals surface area contributed by atoms with Crippen LogP contribution in [0.5, 0.6) is 0 Å². The summed E-state index contributed by atoms with van der Waals surface area (Å²) in [7, 11) is 0. The van der Waals surface area contributed by atoms with Crippen LogP contribution < -0.4 is 5.32 Å². The molecule has 2 aromatic heterocycles. The van der Waals surface area contributed by atoms with Crippen LogP contribution in [-0.2, 0) is 0 Å². The molecule has 0 spiro atoms. The predicted octanol–water partition coefficient (Wildman–Crippen LogP) is 2.68. The van der Waals surface area contributed by atoms with Crippen LogP contribution in [0, 0.1) is 13.8 Å². The van der Waals surface area contributed by atoms with Gasteiger partial charge >= 0.3 is 0 Å². The number of piperidine rings is 1. The molecule has 0 saturated carbocycles. The Morgan fingerprint density at radius 1 is 1.00 bits per heavy atom. The second kappa shape index (κ2) is 7.95. The van der Waals surface area contributed by atoms with Gasteiger partial charge in [-0.25, -0.2) is 9.97 Å². The number of carbonyl (C=O) groups is 2. The Bertz CT molecular complexity index is 1060. The van der Waals surface area contributed by atoms with E-state index in [1.54, 1.807) is 24.5 Å². The predicted molar refractivity (Wildman–Crippen MR) is 110 cm³/mol. The molecule has 1 N–H and O–H groups in total. The number of likely N-dealkylation sites (tertiary alicyclic amines) is 1. The topological polar surface area (TPSA) is 88.1 Å². The monoisotopic (exact) mass is 389 g/mol. The minimum atomic E-state index is -0.123. The number of rotatable bonds is 3. The van der Waals surface area contributed by atoms with E-state index in [-0.39, 0.29) is 17.9 Å². The van der Waals surface area contributed by atoms with Crippen molar-refractivity contribution in [2.24, 2.45) is 0 Å². The Hall–Kier alpha value is -3.35. The minimum Gasteiger partial charge on any atom is -0.349 e. The van der Waals surface area contributed by atoms with Crippen molar-refractivity contribution < 1.29 is 9.59 Å². The highest BCUT2D eigenvalue weighted by Gasteiger charge is 2.25. The van der Waals surface area contributed by atoms with Crippen LogP contribution >= 0.6 is 0 Å². The van der Waals surface area contributed by atoms with Crippen LogP contribution in [0.3, 0.4) is 0 Å². The van der Waals surface area contributed by atoms with E-state index in [1.165, 1.54) is 0 Å². The molecule has 2 amide bonds. The molecule has 1 aliphatic heterocycles. The van der Waals surface area contributed by atoms with Crippen molar-refractivity contribution in [3.63, 3.8) is 0 Å². The number of benzene rings is 1. The van der Waals surface area contributed by atoms with Gasteiger partial charge in [-0.05, 0) is 57.0 Å². The summed E-state index contributed by atoms with van der Waals surface area (Å²) in [6.07, 6.45) is 4.65. The zero-order chi connectivity index (χ0) is 20.4. The van der Waals surface area contributed by atoms with E-state index in [9.17, 15) is 9.59 Å². The fraction of sp³-hybridized carbons (Fsp3) is 0.318. The van der Waals surface area contributed by atoms with Gasteiger partial charge in [-0.3, -0.25) is 14.6 Å². The maximum Gasteiger partial charge on any atom is 0.253 e. The summed E-state index contributed by atoms with van der Waals surface area (Å²) in [5.41, 5.74) is 4.46. The summed E-state index contributed by atoms with van der Waals surface area (Å²) < 4.78 is 0. The van der Waals surface area contributed by atoms with E-state index in [4.69, 9.17) is 0 Å². The second-order valence-corrected chi connectivity index (χ2v) is 7.38. The third kappa shape index (κ3) is 4.08. The van der Waals surface area contributed by atoms with Gasteiger partial charge in [-0.15, -0.1) is 0 Å². The summed E-state index contributed by atoms with van der Waals surface area (Å²) in [5.74, 6) is -0.134. The van der Waals surface area contributed by atoms with Gasteiger partial charge in [-0.2, -0.15) is 0 Å². The van der Waals surface area contributed by atoms with Crippen LogP contribution in [0.1, 0.15) is 44.9 Å². The van der Waals surface area contributed by atoms with Gasteiger partial charge < -0.3 is 10.2 Å². The molecule has 1 fully saturated rings. The van der Waals surface area contributed by atoms with Crippen molar-refractivity contribution in [3.05, 3.63) is 65.2 Å². The number of nitrogens with zero attached hydrogens (tertiary/aromatic N) is 4. The zero-order valence-electron chi connectivity index (χ0n) is 16.6. The van der Waals surface area contributed by atoms with E-state index in [0.29, 0.717) is 24.2 Å². The Morgan fingerprint density at radius 3 is 2.41 bits per heavy atom. The molecule has 3 heterocycles. The van der Waals surface area contributed by atoms with E-state index in [0.717, 1.165) is 35.3 Å². The van der Waals surface area contributed by atoms with Crippen molar-refractivity contribution in [3.8, 4) is 0 Å². The molecule has 0 unspecified atom stereocenters. The normalized spacial score (nSPS) is 14.8. The average molecular weight is 389 g/mol. The van der Waals surface area contributed by atoms with Crippen LogP contribution in [-0.4, -0.2) is 50.8 Å². The largest absolute Gasteiger partial charge is 0.349 e. The molecule has 0 radical (unpaired) electrons. The fourth-order valence-corrected chi connectivity index (χ4v) is 3.54. The number of aromatic nitrogens is 3. The van der Waals surface area contributed by atoms with Gasteiger partial charge in [-0.1, -0.05) is 0 Å². The molecule has 7 nitrogen and oxygen atoms in total. The van der Waals surface area contributed by atoms with E-state index < -0.39 is 0 Å². The highest BCUT2D eigenvalue weighted by Crippen LogP contribution is 2.18. The van der Waals surface area contributed by atoms with Gasteiger partial charge in [0.05, 0.1) is 28.0 Å². The van der Waals surface area contributed by atoms with E-state index in [2.05, 4.69) is 20.3 Å². The number of fused-ring (bicyclic) bond motifs is 1. The molecule has 0 atom stereocenters. The number of amides is 2. The molecule has 0 bridgehead atoms. The molecular weight excluding hydrogens is 366 g/mol. The highest BCUT2D eigenvalue weighted by atomic mass is 16.2. The third-order valence-corrected chi connectivity index (χ3v) is 5.36. The lowest BCUT2D eigenvalue weighted by Crippen LogP contribution is -2.46. The smallest absolute Gasteiger partial charge is 0.253 e. The van der Waals surface area contributed by atoms with Crippen molar-refractivity contribution in [1.82, 2.24) is 25.2 Å². The molecule has 148 valence electrons. The number of nitrogens with one attached hydrogen (secondary N) is 1. The zero-order valence-corrected chi connectivity index (χ0v) is 16.6. The molecule has 3 aromatic rings. The van der Waals surface area contributed by atoms with Gasteiger partial charge in [0.2, 0.25) is 0 Å². The summed E-state index contributed by atoms with van der Waals surface area (Å²) in [6, 6.07) is 9.01. The molecule has 0 aliphatic carbocycles. The highest BCUT2D eigenvalue weighted by molar-refractivity contribution is 5.97. The van der Waals surface area contributed by atoms with Crippen molar-refractivity contribution in [1.29, 1.82) is 0 Å². The maximum atomic E-state index is 12.9. The number of hydrogen-bond donors (Lipinski definition) is 1. The molecular formula is C22H23N5O2. The van der Waals surface area contributed by atoms with Gasteiger partial charge in [0, 0.05) is 37.1 Å². The Morgan fingerprint density at radius 2 is 1.72 bits per heavy atom.